The van der Waals surface area contributed by atoms with E-state index in [9.17, 15) is 0 Å². The maximum atomic E-state index is 5.39. The number of aryl methyl sites for hydroxylation is 1. The van der Waals surface area contributed by atoms with Gasteiger partial charge < -0.3 is 9.26 Å². The third-order valence-electron chi connectivity index (χ3n) is 3.04. The van der Waals surface area contributed by atoms with E-state index in [-0.39, 0.29) is 0 Å². The van der Waals surface area contributed by atoms with Crippen molar-refractivity contribution in [3.05, 3.63) is 17.5 Å². The highest BCUT2D eigenvalue weighted by atomic mass is 16.5. The zero-order valence-electron chi connectivity index (χ0n) is 9.40. The van der Waals surface area contributed by atoms with Crippen LogP contribution >= 0.6 is 0 Å². The molecule has 4 heteroatoms. The van der Waals surface area contributed by atoms with Crippen LogP contribution in [-0.2, 0) is 11.3 Å². The lowest BCUT2D eigenvalue weighted by atomic mass is 10.1. The van der Waals surface area contributed by atoms with Crippen molar-refractivity contribution in [2.45, 2.75) is 32.4 Å². The lowest BCUT2D eigenvalue weighted by Crippen LogP contribution is -2.38. The highest BCUT2D eigenvalue weighted by Gasteiger charge is 2.20. The fourth-order valence-electron chi connectivity index (χ4n) is 2.06. The number of nitrogens with zero attached hydrogens (tertiary/aromatic N) is 2. The van der Waals surface area contributed by atoms with Crippen LogP contribution in [0.2, 0.25) is 0 Å². The van der Waals surface area contributed by atoms with Gasteiger partial charge in [0, 0.05) is 25.8 Å². The van der Waals surface area contributed by atoms with E-state index in [4.69, 9.17) is 9.26 Å². The smallest absolute Gasteiger partial charge is 0.138 e. The predicted octanol–water partition coefficient (Wildman–Crippen LogP) is 1.59. The van der Waals surface area contributed by atoms with Crippen LogP contribution < -0.4 is 0 Å². The Balaban J connectivity index is 1.92. The molecule has 1 aliphatic heterocycles. The highest BCUT2D eigenvalue weighted by Crippen LogP contribution is 2.16. The molecule has 1 unspecified atom stereocenters. The largest absolute Gasteiger partial charge is 0.380 e. The number of likely N-dealkylation sites (tertiary alicyclic amines) is 1. The molecule has 0 radical (unpaired) electrons. The van der Waals surface area contributed by atoms with Gasteiger partial charge in [0.2, 0.25) is 0 Å². The van der Waals surface area contributed by atoms with Crippen molar-refractivity contribution in [2.75, 3.05) is 20.2 Å². The number of hydrogen-bond acceptors (Lipinski definition) is 4. The minimum Gasteiger partial charge on any atom is -0.380 e. The van der Waals surface area contributed by atoms with Crippen molar-refractivity contribution in [3.63, 3.8) is 0 Å². The summed E-state index contributed by atoms with van der Waals surface area (Å²) in [6.45, 7) is 5.04. The van der Waals surface area contributed by atoms with E-state index < -0.39 is 0 Å². The summed E-state index contributed by atoms with van der Waals surface area (Å²) in [4.78, 5) is 2.40. The average molecular weight is 210 g/mol. The SMILES string of the molecule is COC1CCCN(Cc2cnoc2C)C1. The van der Waals surface area contributed by atoms with Gasteiger partial charge in [0.15, 0.2) is 0 Å². The van der Waals surface area contributed by atoms with Gasteiger partial charge in [-0.15, -0.1) is 0 Å². The van der Waals surface area contributed by atoms with Gasteiger partial charge in [0.25, 0.3) is 0 Å². The first-order chi connectivity index (χ1) is 7.29. The number of piperidine rings is 1. The van der Waals surface area contributed by atoms with Crippen LogP contribution in [0.3, 0.4) is 0 Å². The fraction of sp³-hybridized carbons (Fsp3) is 0.727. The third-order valence-corrected chi connectivity index (χ3v) is 3.04. The summed E-state index contributed by atoms with van der Waals surface area (Å²) >= 11 is 0. The Morgan fingerprint density at radius 1 is 1.67 bits per heavy atom. The number of hydrogen-bond donors (Lipinski definition) is 0. The maximum absolute atomic E-state index is 5.39. The fourth-order valence-corrected chi connectivity index (χ4v) is 2.06. The highest BCUT2D eigenvalue weighted by molar-refractivity contribution is 5.11. The minimum atomic E-state index is 0.388. The quantitative estimate of drug-likeness (QED) is 0.759. The summed E-state index contributed by atoms with van der Waals surface area (Å²) < 4.78 is 10.4. The second-order valence-electron chi connectivity index (χ2n) is 4.14. The van der Waals surface area contributed by atoms with Crippen molar-refractivity contribution < 1.29 is 9.26 Å². The van der Waals surface area contributed by atoms with E-state index in [1.165, 1.54) is 18.4 Å². The predicted molar refractivity (Wildman–Crippen MR) is 56.5 cm³/mol. The second-order valence-corrected chi connectivity index (χ2v) is 4.14. The van der Waals surface area contributed by atoms with Gasteiger partial charge in [-0.05, 0) is 26.3 Å². The van der Waals surface area contributed by atoms with Crippen LogP contribution in [0.25, 0.3) is 0 Å². The summed E-state index contributed by atoms with van der Waals surface area (Å²) in [5.74, 6) is 0.926. The molecule has 84 valence electrons. The Bertz CT molecular complexity index is 311. The van der Waals surface area contributed by atoms with Crippen LogP contribution in [0.1, 0.15) is 24.2 Å². The van der Waals surface area contributed by atoms with Gasteiger partial charge in [0.05, 0.1) is 12.3 Å². The monoisotopic (exact) mass is 210 g/mol. The Morgan fingerprint density at radius 2 is 2.53 bits per heavy atom. The van der Waals surface area contributed by atoms with E-state index in [0.717, 1.165) is 25.4 Å². The van der Waals surface area contributed by atoms with Crippen molar-refractivity contribution >= 4 is 0 Å². The zero-order chi connectivity index (χ0) is 10.7. The Hall–Kier alpha value is -0.870. The molecule has 1 aromatic rings. The molecule has 4 nitrogen and oxygen atoms in total. The average Bonchev–Trinajstić information content (AvgIpc) is 2.65. The normalized spacial score (nSPS) is 23.2. The zero-order valence-corrected chi connectivity index (χ0v) is 9.40. The van der Waals surface area contributed by atoms with Crippen LogP contribution in [0.15, 0.2) is 10.7 Å². The molecule has 1 aliphatic rings. The summed E-state index contributed by atoms with van der Waals surface area (Å²) in [6.07, 6.45) is 4.59. The standard InChI is InChI=1S/C11H18N2O2/c1-9-10(6-12-15-9)7-13-5-3-4-11(8-13)14-2/h6,11H,3-5,7-8H2,1-2H3. The number of rotatable bonds is 3. The summed E-state index contributed by atoms with van der Waals surface area (Å²) in [7, 11) is 1.79. The second kappa shape index (κ2) is 4.77. The van der Waals surface area contributed by atoms with Crippen LogP contribution in [0.5, 0.6) is 0 Å². The Morgan fingerprint density at radius 3 is 3.20 bits per heavy atom. The Labute approximate surface area is 90.2 Å². The van der Waals surface area contributed by atoms with Crippen molar-refractivity contribution in [3.8, 4) is 0 Å². The molecule has 0 saturated carbocycles. The first kappa shape index (κ1) is 10.6. The number of ether oxygens (including phenoxy) is 1. The molecular formula is C11H18N2O2. The third kappa shape index (κ3) is 2.58. The van der Waals surface area contributed by atoms with Gasteiger partial charge in [-0.25, -0.2) is 0 Å². The molecule has 1 saturated heterocycles. The summed E-state index contributed by atoms with van der Waals surface area (Å²) in [6, 6.07) is 0. The molecule has 2 rings (SSSR count). The van der Waals surface area contributed by atoms with Gasteiger partial charge in [-0.2, -0.15) is 0 Å². The van der Waals surface area contributed by atoms with E-state index in [0.29, 0.717) is 6.10 Å². The molecule has 0 aromatic carbocycles. The molecule has 1 fully saturated rings. The lowest BCUT2D eigenvalue weighted by Gasteiger charge is -2.31. The van der Waals surface area contributed by atoms with E-state index in [2.05, 4.69) is 10.1 Å². The van der Waals surface area contributed by atoms with Crippen molar-refractivity contribution in [1.29, 1.82) is 0 Å². The molecule has 0 amide bonds. The van der Waals surface area contributed by atoms with Crippen LogP contribution in [-0.4, -0.2) is 36.4 Å². The topological polar surface area (TPSA) is 38.5 Å². The molecule has 0 bridgehead atoms. The molecule has 0 spiro atoms. The van der Waals surface area contributed by atoms with E-state index in [1.807, 2.05) is 13.1 Å². The molecule has 15 heavy (non-hydrogen) atoms. The van der Waals surface area contributed by atoms with Crippen LogP contribution in [0, 0.1) is 6.92 Å². The maximum Gasteiger partial charge on any atom is 0.138 e. The lowest BCUT2D eigenvalue weighted by molar-refractivity contribution is 0.0284. The first-order valence-electron chi connectivity index (χ1n) is 5.45. The van der Waals surface area contributed by atoms with Gasteiger partial charge >= 0.3 is 0 Å². The Kier molecular flexibility index (Phi) is 3.38. The van der Waals surface area contributed by atoms with Gasteiger partial charge in [-0.1, -0.05) is 5.16 Å². The molecule has 2 heterocycles. The van der Waals surface area contributed by atoms with Gasteiger partial charge in [-0.3, -0.25) is 4.90 Å². The van der Waals surface area contributed by atoms with Crippen molar-refractivity contribution in [1.82, 2.24) is 10.1 Å². The van der Waals surface area contributed by atoms with Crippen molar-refractivity contribution in [2.24, 2.45) is 0 Å². The van der Waals surface area contributed by atoms with E-state index >= 15 is 0 Å². The molecular weight excluding hydrogens is 192 g/mol. The van der Waals surface area contributed by atoms with E-state index in [1.54, 1.807) is 7.11 Å². The first-order valence-corrected chi connectivity index (χ1v) is 5.45. The molecule has 0 N–H and O–H groups in total. The summed E-state index contributed by atoms with van der Waals surface area (Å²) in [5, 5.41) is 3.79. The molecule has 1 atom stereocenters. The molecule has 0 aliphatic carbocycles. The minimum absolute atomic E-state index is 0.388. The number of methoxy groups -OCH3 is 1. The van der Waals surface area contributed by atoms with Crippen LogP contribution in [0.4, 0.5) is 0 Å². The summed E-state index contributed by atoms with van der Waals surface area (Å²) in [5.41, 5.74) is 1.19. The van der Waals surface area contributed by atoms with Gasteiger partial charge in [0.1, 0.15) is 5.76 Å². The molecule has 1 aromatic heterocycles. The number of aromatic nitrogens is 1.